The largest absolute Gasteiger partial charge is 0.466 e. The number of hydrogen-bond acceptors (Lipinski definition) is 6. The number of nitrogens with one attached hydrogen (secondary N) is 1. The average molecular weight is 391 g/mol. The number of carbonyl (C=O) groups is 3. The predicted octanol–water partition coefficient (Wildman–Crippen LogP) is 3.15. The van der Waals surface area contributed by atoms with Gasteiger partial charge in [0.1, 0.15) is 17.6 Å². The van der Waals surface area contributed by atoms with Gasteiger partial charge in [0.15, 0.2) is 5.78 Å². The lowest BCUT2D eigenvalue weighted by Gasteiger charge is -2.46. The third kappa shape index (κ3) is 6.34. The molecule has 1 N–H and O–H groups in total. The van der Waals surface area contributed by atoms with Crippen LogP contribution in [0.15, 0.2) is 30.3 Å². The zero-order valence-electron chi connectivity index (χ0n) is 16.9. The molecule has 1 aromatic rings. The molecule has 0 heterocycles. The monoisotopic (exact) mass is 391 g/mol. The van der Waals surface area contributed by atoms with Crippen LogP contribution in [-0.2, 0) is 30.4 Å². The number of ketones is 1. The summed E-state index contributed by atoms with van der Waals surface area (Å²) in [6.07, 6.45) is -0.698. The second-order valence-electron chi connectivity index (χ2n) is 7.94. The van der Waals surface area contributed by atoms with Crippen molar-refractivity contribution in [1.29, 1.82) is 0 Å². The van der Waals surface area contributed by atoms with Gasteiger partial charge in [0.2, 0.25) is 0 Å². The van der Waals surface area contributed by atoms with Crippen LogP contribution in [0.4, 0.5) is 4.79 Å². The Kier molecular flexibility index (Phi) is 7.18. The fourth-order valence-electron chi connectivity index (χ4n) is 3.03. The number of Topliss-reactive ketones (excluding diaryl/α,β-unsaturated/α-hetero) is 1. The maximum atomic E-state index is 12.7. The van der Waals surface area contributed by atoms with Gasteiger partial charge in [-0.1, -0.05) is 30.3 Å². The van der Waals surface area contributed by atoms with Gasteiger partial charge in [0.05, 0.1) is 19.3 Å². The molecule has 1 aliphatic carbocycles. The molecule has 1 aromatic carbocycles. The van der Waals surface area contributed by atoms with Crippen LogP contribution < -0.4 is 5.32 Å². The first-order valence-corrected chi connectivity index (χ1v) is 9.49. The number of rotatable bonds is 8. The molecule has 1 fully saturated rings. The average Bonchev–Trinajstić information content (AvgIpc) is 2.56. The Morgan fingerprint density at radius 3 is 2.36 bits per heavy atom. The Morgan fingerprint density at radius 2 is 1.79 bits per heavy atom. The van der Waals surface area contributed by atoms with Gasteiger partial charge in [-0.2, -0.15) is 0 Å². The fourth-order valence-corrected chi connectivity index (χ4v) is 3.03. The molecule has 28 heavy (non-hydrogen) atoms. The smallest absolute Gasteiger partial charge is 0.408 e. The lowest BCUT2D eigenvalue weighted by molar-refractivity contribution is -0.151. The van der Waals surface area contributed by atoms with E-state index in [0.29, 0.717) is 6.61 Å². The third-order valence-electron chi connectivity index (χ3n) is 4.36. The molecular formula is C21H29NO6. The highest BCUT2D eigenvalue weighted by molar-refractivity contribution is 6.03. The zero-order chi connectivity index (χ0) is 20.8. The van der Waals surface area contributed by atoms with Crippen molar-refractivity contribution in [2.45, 2.75) is 70.8 Å². The van der Waals surface area contributed by atoms with Crippen molar-refractivity contribution in [3.8, 4) is 0 Å². The van der Waals surface area contributed by atoms with Gasteiger partial charge < -0.3 is 19.5 Å². The predicted molar refractivity (Wildman–Crippen MR) is 103 cm³/mol. The summed E-state index contributed by atoms with van der Waals surface area (Å²) in [5.74, 6) is -0.997. The molecule has 0 aliphatic heterocycles. The van der Waals surface area contributed by atoms with Crippen LogP contribution in [0.25, 0.3) is 0 Å². The van der Waals surface area contributed by atoms with E-state index in [1.54, 1.807) is 27.7 Å². The third-order valence-corrected chi connectivity index (χ3v) is 4.36. The highest BCUT2D eigenvalue weighted by atomic mass is 16.6. The summed E-state index contributed by atoms with van der Waals surface area (Å²) in [7, 11) is 0. The summed E-state index contributed by atoms with van der Waals surface area (Å²) in [4.78, 5) is 36.7. The van der Waals surface area contributed by atoms with Crippen molar-refractivity contribution in [2.24, 2.45) is 0 Å². The van der Waals surface area contributed by atoms with Gasteiger partial charge in [-0.05, 0) is 33.3 Å². The first-order chi connectivity index (χ1) is 13.1. The number of carbonyl (C=O) groups excluding carboxylic acids is 3. The van der Waals surface area contributed by atoms with Crippen LogP contribution in [-0.4, -0.2) is 41.7 Å². The second-order valence-corrected chi connectivity index (χ2v) is 7.94. The maximum absolute atomic E-state index is 12.7. The van der Waals surface area contributed by atoms with E-state index in [9.17, 15) is 14.4 Å². The summed E-state index contributed by atoms with van der Waals surface area (Å²) in [6, 6.07) is 9.69. The number of ether oxygens (including phenoxy) is 3. The minimum atomic E-state index is -1.17. The summed E-state index contributed by atoms with van der Waals surface area (Å²) >= 11 is 0. The molecule has 1 aliphatic rings. The number of esters is 1. The molecular weight excluding hydrogens is 362 g/mol. The van der Waals surface area contributed by atoms with Crippen molar-refractivity contribution < 1.29 is 28.6 Å². The van der Waals surface area contributed by atoms with Crippen LogP contribution in [0.3, 0.4) is 0 Å². The van der Waals surface area contributed by atoms with Crippen molar-refractivity contribution in [3.05, 3.63) is 35.9 Å². The van der Waals surface area contributed by atoms with Crippen molar-refractivity contribution in [2.75, 3.05) is 6.61 Å². The van der Waals surface area contributed by atoms with E-state index in [1.165, 1.54) is 0 Å². The molecule has 0 unspecified atom stereocenters. The number of alkyl carbamates (subject to hydrolysis) is 1. The highest BCUT2D eigenvalue weighted by Gasteiger charge is 2.52. The normalized spacial score (nSPS) is 21.4. The molecule has 0 atom stereocenters. The van der Waals surface area contributed by atoms with Crippen LogP contribution >= 0.6 is 0 Å². The molecule has 0 radical (unpaired) electrons. The van der Waals surface area contributed by atoms with E-state index >= 15 is 0 Å². The minimum absolute atomic E-state index is 0.193. The zero-order valence-corrected chi connectivity index (χ0v) is 16.9. The maximum Gasteiger partial charge on any atom is 0.408 e. The number of hydrogen-bond donors (Lipinski definition) is 1. The number of amides is 1. The van der Waals surface area contributed by atoms with Gasteiger partial charge in [-0.15, -0.1) is 0 Å². The molecule has 0 saturated heterocycles. The van der Waals surface area contributed by atoms with Gasteiger partial charge in [0.25, 0.3) is 0 Å². The van der Waals surface area contributed by atoms with Gasteiger partial charge in [-0.3, -0.25) is 9.59 Å². The minimum Gasteiger partial charge on any atom is -0.466 e. The van der Waals surface area contributed by atoms with Crippen LogP contribution in [0.5, 0.6) is 0 Å². The van der Waals surface area contributed by atoms with Crippen molar-refractivity contribution >= 4 is 17.8 Å². The lowest BCUT2D eigenvalue weighted by Crippen LogP contribution is -2.65. The van der Waals surface area contributed by atoms with E-state index in [2.05, 4.69) is 5.32 Å². The molecule has 7 nitrogen and oxygen atoms in total. The number of benzene rings is 1. The summed E-state index contributed by atoms with van der Waals surface area (Å²) in [5, 5.41) is 2.66. The fraction of sp³-hybridized carbons (Fsp3) is 0.571. The summed E-state index contributed by atoms with van der Waals surface area (Å²) in [5.41, 5.74) is -0.836. The standard InChI is InChI=1S/C21H29NO6/c1-5-26-18(24)11-17(23)21(22-19(25)28-20(2,3)4)12-16(13-21)27-14-15-9-7-6-8-10-15/h6-10,16H,5,11-14H2,1-4H3,(H,22,25). The van der Waals surface area contributed by atoms with Gasteiger partial charge in [0, 0.05) is 12.8 Å². The SMILES string of the molecule is CCOC(=O)CC(=O)C1(NC(=O)OC(C)(C)C)CC(OCc2ccccc2)C1. The molecule has 0 spiro atoms. The molecule has 1 amide bonds. The summed E-state index contributed by atoms with van der Waals surface area (Å²) < 4.78 is 16.0. The topological polar surface area (TPSA) is 90.9 Å². The van der Waals surface area contributed by atoms with Crippen LogP contribution in [0, 0.1) is 0 Å². The molecule has 7 heteroatoms. The van der Waals surface area contributed by atoms with Crippen LogP contribution in [0.2, 0.25) is 0 Å². The van der Waals surface area contributed by atoms with Gasteiger partial charge >= 0.3 is 12.1 Å². The Hall–Kier alpha value is -2.41. The van der Waals surface area contributed by atoms with Crippen LogP contribution in [0.1, 0.15) is 52.5 Å². The quantitative estimate of drug-likeness (QED) is 0.541. The van der Waals surface area contributed by atoms with Gasteiger partial charge in [-0.25, -0.2) is 4.79 Å². The second kappa shape index (κ2) is 9.19. The molecule has 0 bridgehead atoms. The van der Waals surface area contributed by atoms with Crippen molar-refractivity contribution in [1.82, 2.24) is 5.32 Å². The Morgan fingerprint density at radius 1 is 1.14 bits per heavy atom. The van der Waals surface area contributed by atoms with E-state index in [1.807, 2.05) is 30.3 Å². The van der Waals surface area contributed by atoms with Crippen molar-refractivity contribution in [3.63, 3.8) is 0 Å². The molecule has 2 rings (SSSR count). The molecule has 154 valence electrons. The summed E-state index contributed by atoms with van der Waals surface area (Å²) in [6.45, 7) is 7.51. The van der Waals surface area contributed by atoms with E-state index in [4.69, 9.17) is 14.2 Å². The Balaban J connectivity index is 1.99. The molecule has 1 saturated carbocycles. The first-order valence-electron chi connectivity index (χ1n) is 9.49. The highest BCUT2D eigenvalue weighted by Crippen LogP contribution is 2.37. The van der Waals surface area contributed by atoms with E-state index in [0.717, 1.165) is 5.56 Å². The van der Waals surface area contributed by atoms with E-state index in [-0.39, 0.29) is 25.6 Å². The first kappa shape index (κ1) is 21.9. The lowest BCUT2D eigenvalue weighted by atomic mass is 9.70. The van der Waals surface area contributed by atoms with E-state index < -0.39 is 35.4 Å². The Labute approximate surface area is 165 Å². The molecule has 0 aromatic heterocycles. The Bertz CT molecular complexity index is 689.